The van der Waals surface area contributed by atoms with Gasteiger partial charge in [-0.15, -0.1) is 0 Å². The van der Waals surface area contributed by atoms with Crippen LogP contribution in [0.1, 0.15) is 15.9 Å². The summed E-state index contributed by atoms with van der Waals surface area (Å²) < 4.78 is 40.6. The molecule has 0 aliphatic heterocycles. The van der Waals surface area contributed by atoms with Crippen molar-refractivity contribution >= 4 is 34.8 Å². The zero-order valence-electron chi connectivity index (χ0n) is 12.9. The van der Waals surface area contributed by atoms with Crippen molar-refractivity contribution in [3.05, 3.63) is 76.3 Å². The van der Waals surface area contributed by atoms with Crippen LogP contribution in [0, 0.1) is 0 Å². The number of imidazole rings is 1. The van der Waals surface area contributed by atoms with Crippen LogP contribution in [0.3, 0.4) is 0 Å². The third kappa shape index (κ3) is 3.84. The largest absolute Gasteiger partial charge is 0.416 e. The molecule has 1 amide bonds. The Labute approximate surface area is 156 Å². The quantitative estimate of drug-likeness (QED) is 0.636. The summed E-state index contributed by atoms with van der Waals surface area (Å²) in [5, 5.41) is 2.92. The Morgan fingerprint density at radius 3 is 2.46 bits per heavy atom. The summed E-state index contributed by atoms with van der Waals surface area (Å²) in [7, 11) is 0. The number of benzene rings is 2. The van der Waals surface area contributed by atoms with Gasteiger partial charge in [0.05, 0.1) is 33.3 Å². The Bertz CT molecular complexity index is 956. The number of carbonyl (C=O) groups is 1. The second-order valence-corrected chi connectivity index (χ2v) is 6.10. The molecular formula is C17H10Cl2F3N3O. The van der Waals surface area contributed by atoms with Gasteiger partial charge < -0.3 is 9.88 Å². The lowest BCUT2D eigenvalue weighted by atomic mass is 10.1. The predicted molar refractivity (Wildman–Crippen MR) is 93.0 cm³/mol. The van der Waals surface area contributed by atoms with Crippen LogP contribution in [0.4, 0.5) is 18.9 Å². The number of rotatable bonds is 3. The fourth-order valence-electron chi connectivity index (χ4n) is 2.27. The first-order chi connectivity index (χ1) is 12.3. The van der Waals surface area contributed by atoms with Crippen LogP contribution < -0.4 is 5.32 Å². The molecule has 134 valence electrons. The maximum atomic E-state index is 13.0. The van der Waals surface area contributed by atoms with Crippen molar-refractivity contribution in [1.29, 1.82) is 0 Å². The summed E-state index contributed by atoms with van der Waals surface area (Å²) in [5.74, 6) is -0.621. The standard InChI is InChI=1S/C17H10Cl2F3N3O/c18-12-3-1-10(7-13(12)19)16(26)24-14-8-11(17(20,21)22)2-4-15(14)25-6-5-23-9-25/h1-9H,(H,24,26). The summed E-state index contributed by atoms with van der Waals surface area (Å²) in [6.45, 7) is 0. The Morgan fingerprint density at radius 2 is 1.85 bits per heavy atom. The van der Waals surface area contributed by atoms with Crippen LogP contribution in [0.2, 0.25) is 10.0 Å². The molecule has 0 radical (unpaired) electrons. The smallest absolute Gasteiger partial charge is 0.320 e. The van der Waals surface area contributed by atoms with Gasteiger partial charge in [-0.25, -0.2) is 4.98 Å². The third-order valence-corrected chi connectivity index (χ3v) is 4.28. The van der Waals surface area contributed by atoms with Gasteiger partial charge >= 0.3 is 6.18 Å². The zero-order chi connectivity index (χ0) is 18.9. The van der Waals surface area contributed by atoms with E-state index in [0.717, 1.165) is 12.1 Å². The number of nitrogens with one attached hydrogen (secondary N) is 1. The molecule has 0 saturated carbocycles. The maximum Gasteiger partial charge on any atom is 0.416 e. The van der Waals surface area contributed by atoms with E-state index in [0.29, 0.717) is 5.69 Å². The topological polar surface area (TPSA) is 46.9 Å². The molecule has 0 aliphatic rings. The fourth-order valence-corrected chi connectivity index (χ4v) is 2.57. The van der Waals surface area contributed by atoms with Crippen LogP contribution in [0.25, 0.3) is 5.69 Å². The van der Waals surface area contributed by atoms with Crippen LogP contribution in [0.5, 0.6) is 0 Å². The van der Waals surface area contributed by atoms with E-state index in [-0.39, 0.29) is 21.3 Å². The van der Waals surface area contributed by atoms with Gasteiger partial charge in [-0.05, 0) is 36.4 Å². The van der Waals surface area contributed by atoms with E-state index in [2.05, 4.69) is 10.3 Å². The van der Waals surface area contributed by atoms with Crippen LogP contribution in [-0.4, -0.2) is 15.5 Å². The number of anilines is 1. The second-order valence-electron chi connectivity index (χ2n) is 5.28. The van der Waals surface area contributed by atoms with Gasteiger partial charge in [-0.3, -0.25) is 4.79 Å². The van der Waals surface area contributed by atoms with Gasteiger partial charge in [0, 0.05) is 18.0 Å². The summed E-state index contributed by atoms with van der Waals surface area (Å²) in [6, 6.07) is 7.25. The molecule has 9 heteroatoms. The van der Waals surface area contributed by atoms with Crippen molar-refractivity contribution < 1.29 is 18.0 Å². The average Bonchev–Trinajstić information content (AvgIpc) is 3.10. The van der Waals surface area contributed by atoms with Crippen molar-refractivity contribution in [3.8, 4) is 5.69 Å². The number of hydrogen-bond donors (Lipinski definition) is 1. The molecule has 1 aromatic heterocycles. The van der Waals surface area contributed by atoms with Gasteiger partial charge in [-0.2, -0.15) is 13.2 Å². The minimum atomic E-state index is -4.55. The van der Waals surface area contributed by atoms with Crippen molar-refractivity contribution in [2.24, 2.45) is 0 Å². The van der Waals surface area contributed by atoms with E-state index in [1.807, 2.05) is 0 Å². The molecule has 26 heavy (non-hydrogen) atoms. The van der Waals surface area contributed by atoms with E-state index >= 15 is 0 Å². The number of carbonyl (C=O) groups excluding carboxylic acids is 1. The van der Waals surface area contributed by atoms with Crippen molar-refractivity contribution in [3.63, 3.8) is 0 Å². The number of alkyl halides is 3. The Hall–Kier alpha value is -2.51. The monoisotopic (exact) mass is 399 g/mol. The highest BCUT2D eigenvalue weighted by atomic mass is 35.5. The SMILES string of the molecule is O=C(Nc1cc(C(F)(F)F)ccc1-n1ccnc1)c1ccc(Cl)c(Cl)c1. The van der Waals surface area contributed by atoms with Crippen LogP contribution in [0.15, 0.2) is 55.1 Å². The Balaban J connectivity index is 2.01. The molecular weight excluding hydrogens is 390 g/mol. The summed E-state index contributed by atoms with van der Waals surface area (Å²) in [4.78, 5) is 16.3. The molecule has 4 nitrogen and oxygen atoms in total. The molecule has 1 N–H and O–H groups in total. The normalized spacial score (nSPS) is 11.4. The molecule has 0 fully saturated rings. The van der Waals surface area contributed by atoms with E-state index in [4.69, 9.17) is 23.2 Å². The second kappa shape index (κ2) is 7.01. The number of aromatic nitrogens is 2. The number of amides is 1. The summed E-state index contributed by atoms with van der Waals surface area (Å²) in [6.07, 6.45) is -0.104. The zero-order valence-corrected chi connectivity index (χ0v) is 14.4. The number of halogens is 5. The van der Waals surface area contributed by atoms with Gasteiger partial charge in [0.1, 0.15) is 0 Å². The van der Waals surface area contributed by atoms with Gasteiger partial charge in [0.15, 0.2) is 0 Å². The Morgan fingerprint density at radius 1 is 1.08 bits per heavy atom. The van der Waals surface area contributed by atoms with Crippen molar-refractivity contribution in [2.45, 2.75) is 6.18 Å². The molecule has 0 bridgehead atoms. The molecule has 0 saturated heterocycles. The molecule has 0 atom stereocenters. The van der Waals surface area contributed by atoms with E-state index in [9.17, 15) is 18.0 Å². The van der Waals surface area contributed by atoms with Crippen molar-refractivity contribution in [1.82, 2.24) is 9.55 Å². The van der Waals surface area contributed by atoms with E-state index < -0.39 is 17.6 Å². The minimum Gasteiger partial charge on any atom is -0.320 e. The third-order valence-electron chi connectivity index (χ3n) is 3.54. The molecule has 2 aromatic carbocycles. The lowest BCUT2D eigenvalue weighted by molar-refractivity contribution is -0.137. The average molecular weight is 400 g/mol. The first kappa shape index (κ1) is 18.3. The van der Waals surface area contributed by atoms with E-state index in [1.165, 1.54) is 41.4 Å². The summed E-state index contributed by atoms with van der Waals surface area (Å²) >= 11 is 11.7. The highest BCUT2D eigenvalue weighted by Crippen LogP contribution is 2.33. The van der Waals surface area contributed by atoms with Gasteiger partial charge in [0.25, 0.3) is 5.91 Å². The van der Waals surface area contributed by atoms with Gasteiger partial charge in [-0.1, -0.05) is 23.2 Å². The lowest BCUT2D eigenvalue weighted by Crippen LogP contribution is -2.15. The molecule has 1 heterocycles. The molecule has 0 spiro atoms. The van der Waals surface area contributed by atoms with Crippen LogP contribution >= 0.6 is 23.2 Å². The first-order valence-corrected chi connectivity index (χ1v) is 7.97. The van der Waals surface area contributed by atoms with E-state index in [1.54, 1.807) is 6.20 Å². The maximum absolute atomic E-state index is 13.0. The fraction of sp³-hybridized carbons (Fsp3) is 0.0588. The molecule has 0 aliphatic carbocycles. The first-order valence-electron chi connectivity index (χ1n) is 7.21. The number of nitrogens with zero attached hydrogens (tertiary/aromatic N) is 2. The highest BCUT2D eigenvalue weighted by molar-refractivity contribution is 6.42. The predicted octanol–water partition coefficient (Wildman–Crippen LogP) is 5.45. The number of hydrogen-bond acceptors (Lipinski definition) is 2. The van der Waals surface area contributed by atoms with Gasteiger partial charge in [0.2, 0.25) is 0 Å². The lowest BCUT2D eigenvalue weighted by Gasteiger charge is -2.15. The minimum absolute atomic E-state index is 0.0195. The highest BCUT2D eigenvalue weighted by Gasteiger charge is 2.31. The van der Waals surface area contributed by atoms with Crippen LogP contribution in [-0.2, 0) is 6.18 Å². The Kier molecular flexibility index (Phi) is 4.93. The molecule has 3 aromatic rings. The summed E-state index contributed by atoms with van der Waals surface area (Å²) in [5.41, 5.74) is -0.406. The van der Waals surface area contributed by atoms with Crippen molar-refractivity contribution in [2.75, 3.05) is 5.32 Å². The molecule has 3 rings (SSSR count). The molecule has 0 unspecified atom stereocenters.